The molecule has 6 nitrogen and oxygen atoms in total. The Kier molecular flexibility index (Phi) is 3.52. The van der Waals surface area contributed by atoms with Crippen molar-refractivity contribution in [1.82, 2.24) is 20.1 Å². The van der Waals surface area contributed by atoms with E-state index in [1.807, 2.05) is 10.6 Å². The molecule has 0 bridgehead atoms. The van der Waals surface area contributed by atoms with Crippen LogP contribution in [-0.4, -0.2) is 26.7 Å². The lowest BCUT2D eigenvalue weighted by molar-refractivity contribution is 0.0928. The van der Waals surface area contributed by atoms with Crippen molar-refractivity contribution in [2.24, 2.45) is 5.92 Å². The first-order chi connectivity index (χ1) is 11.2. The number of aromatic amines is 1. The highest BCUT2D eigenvalue weighted by Gasteiger charge is 2.27. The molecule has 0 aliphatic heterocycles. The minimum atomic E-state index is -0.123. The van der Waals surface area contributed by atoms with Gasteiger partial charge < -0.3 is 9.88 Å². The van der Waals surface area contributed by atoms with Gasteiger partial charge >= 0.3 is 0 Å². The highest BCUT2D eigenvalue weighted by atomic mass is 16.2. The number of carbonyl (C=O) groups is 1. The number of pyridine rings is 1. The number of nitrogens with zero attached hydrogens (tertiary/aromatic N) is 2. The number of fused-ring (bicyclic) bond motifs is 1. The molecule has 1 unspecified atom stereocenters. The van der Waals surface area contributed by atoms with Crippen molar-refractivity contribution in [1.29, 1.82) is 0 Å². The second kappa shape index (κ2) is 5.68. The summed E-state index contributed by atoms with van der Waals surface area (Å²) in [6.45, 7) is 0.854. The molecule has 1 amide bonds. The summed E-state index contributed by atoms with van der Waals surface area (Å²) >= 11 is 0. The summed E-state index contributed by atoms with van der Waals surface area (Å²) in [5, 5.41) is 9.54. The minimum Gasteiger partial charge on any atom is -0.348 e. The van der Waals surface area contributed by atoms with Gasteiger partial charge in [-0.05, 0) is 49.7 Å². The first-order valence-electron chi connectivity index (χ1n) is 8.22. The Hall–Kier alpha value is -2.37. The molecule has 0 aromatic carbocycles. The quantitative estimate of drug-likeness (QED) is 0.892. The van der Waals surface area contributed by atoms with Crippen LogP contribution >= 0.6 is 0 Å². The number of hydrogen-bond donors (Lipinski definition) is 2. The van der Waals surface area contributed by atoms with Crippen LogP contribution in [0.2, 0.25) is 0 Å². The Morgan fingerprint density at radius 2 is 2.17 bits per heavy atom. The zero-order chi connectivity index (χ0) is 15.8. The second-order valence-electron chi connectivity index (χ2n) is 6.58. The van der Waals surface area contributed by atoms with Crippen LogP contribution in [0, 0.1) is 5.92 Å². The molecular weight excluding hydrogens is 292 g/mol. The highest BCUT2D eigenvalue weighted by Crippen LogP contribution is 2.31. The molecule has 1 atom stereocenters. The molecule has 2 aliphatic carbocycles. The molecule has 2 aromatic heterocycles. The van der Waals surface area contributed by atoms with Crippen LogP contribution in [0.5, 0.6) is 0 Å². The molecule has 2 N–H and O–H groups in total. The zero-order valence-corrected chi connectivity index (χ0v) is 12.9. The van der Waals surface area contributed by atoms with E-state index in [0.29, 0.717) is 11.6 Å². The third-order valence-corrected chi connectivity index (χ3v) is 4.80. The summed E-state index contributed by atoms with van der Waals surface area (Å²) in [6, 6.07) is 5.36. The number of amides is 1. The van der Waals surface area contributed by atoms with Crippen molar-refractivity contribution >= 4 is 5.91 Å². The van der Waals surface area contributed by atoms with Crippen LogP contribution in [0.3, 0.4) is 0 Å². The van der Waals surface area contributed by atoms with Gasteiger partial charge in [-0.1, -0.05) is 6.07 Å². The van der Waals surface area contributed by atoms with Gasteiger partial charge in [0.15, 0.2) is 0 Å². The third kappa shape index (κ3) is 2.93. The van der Waals surface area contributed by atoms with Crippen molar-refractivity contribution in [2.75, 3.05) is 0 Å². The van der Waals surface area contributed by atoms with Gasteiger partial charge in [-0.3, -0.25) is 14.7 Å². The Morgan fingerprint density at radius 3 is 2.91 bits per heavy atom. The first kappa shape index (κ1) is 14.2. The van der Waals surface area contributed by atoms with E-state index in [-0.39, 0.29) is 17.5 Å². The number of hydrogen-bond acceptors (Lipinski definition) is 3. The minimum absolute atomic E-state index is 0.102. The maximum Gasteiger partial charge on any atom is 0.269 e. The summed E-state index contributed by atoms with van der Waals surface area (Å²) in [6.07, 6.45) is 6.52. The molecule has 0 saturated heterocycles. The fraction of sp³-hybridized carbons (Fsp3) is 0.471. The maximum absolute atomic E-state index is 12.2. The van der Waals surface area contributed by atoms with Crippen molar-refractivity contribution in [3.8, 4) is 0 Å². The van der Waals surface area contributed by atoms with E-state index in [2.05, 4.69) is 15.5 Å². The average Bonchev–Trinajstić information content (AvgIpc) is 3.19. The molecular formula is C17H20N4O2. The lowest BCUT2D eigenvalue weighted by Gasteiger charge is -2.27. The van der Waals surface area contributed by atoms with Crippen LogP contribution in [0.4, 0.5) is 0 Å². The lowest BCUT2D eigenvalue weighted by Crippen LogP contribution is -2.40. The maximum atomic E-state index is 12.2. The molecule has 2 aliphatic rings. The molecule has 4 rings (SSSR count). The van der Waals surface area contributed by atoms with Gasteiger partial charge in [0.05, 0.1) is 0 Å². The topological polar surface area (TPSA) is 79.8 Å². The van der Waals surface area contributed by atoms with Crippen LogP contribution in [0.15, 0.2) is 29.2 Å². The van der Waals surface area contributed by atoms with Gasteiger partial charge in [0.2, 0.25) is 0 Å². The van der Waals surface area contributed by atoms with E-state index in [9.17, 15) is 9.59 Å². The smallest absolute Gasteiger partial charge is 0.269 e. The molecule has 6 heteroatoms. The largest absolute Gasteiger partial charge is 0.348 e. The first-order valence-corrected chi connectivity index (χ1v) is 8.22. The average molecular weight is 312 g/mol. The highest BCUT2D eigenvalue weighted by molar-refractivity contribution is 5.92. The van der Waals surface area contributed by atoms with Crippen molar-refractivity contribution in [3.63, 3.8) is 0 Å². The monoisotopic (exact) mass is 312 g/mol. The molecule has 23 heavy (non-hydrogen) atoms. The van der Waals surface area contributed by atoms with Crippen LogP contribution < -0.4 is 10.9 Å². The molecule has 1 saturated carbocycles. The van der Waals surface area contributed by atoms with Gasteiger partial charge in [-0.25, -0.2) is 0 Å². The van der Waals surface area contributed by atoms with Gasteiger partial charge in [-0.15, -0.1) is 0 Å². The fourth-order valence-electron chi connectivity index (χ4n) is 3.35. The van der Waals surface area contributed by atoms with E-state index in [4.69, 9.17) is 0 Å². The molecule has 2 aromatic rings. The van der Waals surface area contributed by atoms with E-state index in [0.717, 1.165) is 31.5 Å². The molecule has 120 valence electrons. The Bertz CT molecular complexity index is 774. The van der Waals surface area contributed by atoms with Crippen LogP contribution in [-0.2, 0) is 19.4 Å². The molecule has 1 fully saturated rings. The van der Waals surface area contributed by atoms with Crippen LogP contribution in [0.25, 0.3) is 0 Å². The van der Waals surface area contributed by atoms with Crippen molar-refractivity contribution < 1.29 is 4.79 Å². The number of nitrogens with one attached hydrogen (secondary N) is 2. The zero-order valence-electron chi connectivity index (χ0n) is 12.9. The Morgan fingerprint density at radius 1 is 1.30 bits per heavy atom. The molecule has 0 radical (unpaired) electrons. The number of H-pyrrole nitrogens is 1. The van der Waals surface area contributed by atoms with Gasteiger partial charge in [0.1, 0.15) is 5.69 Å². The lowest BCUT2D eigenvalue weighted by atomic mass is 9.91. The van der Waals surface area contributed by atoms with Crippen molar-refractivity contribution in [3.05, 3.63) is 51.7 Å². The van der Waals surface area contributed by atoms with E-state index in [1.165, 1.54) is 18.4 Å². The van der Waals surface area contributed by atoms with Gasteiger partial charge in [-0.2, -0.15) is 5.10 Å². The van der Waals surface area contributed by atoms with E-state index >= 15 is 0 Å². The fourth-order valence-corrected chi connectivity index (χ4v) is 3.35. The summed E-state index contributed by atoms with van der Waals surface area (Å²) < 4.78 is 1.96. The predicted octanol–water partition coefficient (Wildman–Crippen LogP) is 1.27. The van der Waals surface area contributed by atoms with E-state index < -0.39 is 0 Å². The van der Waals surface area contributed by atoms with Gasteiger partial charge in [0, 0.05) is 30.5 Å². The third-order valence-electron chi connectivity index (χ3n) is 4.80. The normalized spacial score (nSPS) is 20.1. The van der Waals surface area contributed by atoms with E-state index in [1.54, 1.807) is 18.3 Å². The summed E-state index contributed by atoms with van der Waals surface area (Å²) in [5.41, 5.74) is 2.94. The van der Waals surface area contributed by atoms with Gasteiger partial charge in [0.25, 0.3) is 11.5 Å². The standard InChI is InChI=1S/C17H20N4O2/c22-16-6-3-12-9-13(19-17(23)14-7-8-18-20-14)4-5-15(12)21(16)10-11-1-2-11/h3,6-8,11,13H,1-2,4-5,9-10H2,(H,18,20)(H,19,23). The molecule has 2 heterocycles. The summed E-state index contributed by atoms with van der Waals surface area (Å²) in [7, 11) is 0. The SMILES string of the molecule is O=C(NC1CCc2c(ccc(=O)n2CC2CC2)C1)c1ccn[nH]1. The number of aromatic nitrogens is 3. The Labute approximate surface area is 133 Å². The molecule has 0 spiro atoms. The number of rotatable bonds is 4. The second-order valence-corrected chi connectivity index (χ2v) is 6.58. The van der Waals surface area contributed by atoms with Crippen LogP contribution in [0.1, 0.15) is 41.0 Å². The van der Waals surface area contributed by atoms with Crippen molar-refractivity contribution in [2.45, 2.75) is 44.7 Å². The summed E-state index contributed by atoms with van der Waals surface area (Å²) in [4.78, 5) is 24.3. The Balaban J connectivity index is 1.51. The summed E-state index contributed by atoms with van der Waals surface area (Å²) in [5.74, 6) is 0.555. The predicted molar refractivity (Wildman–Crippen MR) is 85.3 cm³/mol. The number of carbonyl (C=O) groups excluding carboxylic acids is 1.